The van der Waals surface area contributed by atoms with Gasteiger partial charge in [-0.2, -0.15) is 0 Å². The van der Waals surface area contributed by atoms with E-state index in [4.69, 9.17) is 18.9 Å². The molecule has 6 heteroatoms. The summed E-state index contributed by atoms with van der Waals surface area (Å²) < 4.78 is 22.6. The maximum absolute atomic E-state index is 13.0. The Morgan fingerprint density at radius 1 is 1.14 bits per heavy atom. The van der Waals surface area contributed by atoms with Gasteiger partial charge in [0.2, 0.25) is 0 Å². The van der Waals surface area contributed by atoms with Gasteiger partial charge in [-0.25, -0.2) is 0 Å². The van der Waals surface area contributed by atoms with Crippen LogP contribution in [0.15, 0.2) is 42.5 Å². The van der Waals surface area contributed by atoms with Gasteiger partial charge >= 0.3 is 0 Å². The number of carbonyl (C=O) groups is 1. The molecule has 0 saturated carbocycles. The third-order valence-corrected chi connectivity index (χ3v) is 4.98. The Bertz CT molecular complexity index is 864. The lowest BCUT2D eigenvalue weighted by molar-refractivity contribution is -0.129. The number of carbonyl (C=O) groups excluding carboxylic acids is 1. The first-order valence-corrected chi connectivity index (χ1v) is 9.83. The number of hydrogen-bond donors (Lipinski definition) is 1. The fourth-order valence-electron chi connectivity index (χ4n) is 3.51. The molecule has 1 heterocycles. The zero-order chi connectivity index (χ0) is 21.0. The number of fused-ring (bicyclic) bond motifs is 1. The molecule has 3 rings (SSSR count). The van der Waals surface area contributed by atoms with E-state index in [0.717, 1.165) is 17.1 Å². The third kappa shape index (κ3) is 4.94. The fourth-order valence-corrected chi connectivity index (χ4v) is 3.51. The van der Waals surface area contributed by atoms with E-state index in [1.54, 1.807) is 20.3 Å². The Hall–Kier alpha value is -2.89. The van der Waals surface area contributed by atoms with E-state index < -0.39 is 11.7 Å². The number of nitrogens with one attached hydrogen (secondary N) is 1. The molecular formula is C23H29NO5. The van der Waals surface area contributed by atoms with Gasteiger partial charge in [0, 0.05) is 24.1 Å². The summed E-state index contributed by atoms with van der Waals surface area (Å²) in [5.41, 5.74) is 0.530. The minimum absolute atomic E-state index is 0.153. The Labute approximate surface area is 172 Å². The Balaban J connectivity index is 1.77. The van der Waals surface area contributed by atoms with Crippen molar-refractivity contribution in [2.24, 2.45) is 0 Å². The smallest absolute Gasteiger partial charge is 0.261 e. The maximum atomic E-state index is 13.0. The molecular weight excluding hydrogens is 370 g/mol. The average Bonchev–Trinajstić information content (AvgIpc) is 2.70. The minimum Gasteiger partial charge on any atom is -0.497 e. The molecule has 2 atom stereocenters. The van der Waals surface area contributed by atoms with Crippen LogP contribution in [0.1, 0.15) is 45.2 Å². The van der Waals surface area contributed by atoms with Gasteiger partial charge in [-0.15, -0.1) is 0 Å². The zero-order valence-corrected chi connectivity index (χ0v) is 17.7. The van der Waals surface area contributed by atoms with Crippen molar-refractivity contribution < 1.29 is 23.7 Å². The summed E-state index contributed by atoms with van der Waals surface area (Å²) in [7, 11) is 3.22. The van der Waals surface area contributed by atoms with Crippen LogP contribution in [0.2, 0.25) is 0 Å². The van der Waals surface area contributed by atoms with E-state index in [0.29, 0.717) is 24.3 Å². The second-order valence-corrected chi connectivity index (χ2v) is 7.72. The predicted octanol–water partition coefficient (Wildman–Crippen LogP) is 4.28. The van der Waals surface area contributed by atoms with Crippen LogP contribution in [-0.2, 0) is 4.79 Å². The van der Waals surface area contributed by atoms with E-state index in [1.807, 2.05) is 57.2 Å². The molecule has 0 aliphatic carbocycles. The largest absolute Gasteiger partial charge is 0.497 e. The van der Waals surface area contributed by atoms with Crippen LogP contribution in [0.3, 0.4) is 0 Å². The van der Waals surface area contributed by atoms with Crippen LogP contribution in [0, 0.1) is 0 Å². The van der Waals surface area contributed by atoms with Crippen molar-refractivity contribution >= 4 is 5.91 Å². The number of hydrogen-bond acceptors (Lipinski definition) is 5. The average molecular weight is 399 g/mol. The second-order valence-electron chi connectivity index (χ2n) is 7.72. The molecule has 6 nitrogen and oxygen atoms in total. The first-order valence-electron chi connectivity index (χ1n) is 9.83. The van der Waals surface area contributed by atoms with Gasteiger partial charge in [0.05, 0.1) is 20.3 Å². The molecule has 1 aliphatic rings. The van der Waals surface area contributed by atoms with Gasteiger partial charge in [-0.3, -0.25) is 4.79 Å². The molecule has 0 unspecified atom stereocenters. The van der Waals surface area contributed by atoms with E-state index >= 15 is 0 Å². The summed E-state index contributed by atoms with van der Waals surface area (Å²) in [5.74, 6) is 2.59. The Morgan fingerprint density at radius 3 is 2.52 bits per heavy atom. The van der Waals surface area contributed by atoms with Crippen molar-refractivity contribution in [1.82, 2.24) is 5.32 Å². The number of methoxy groups -OCH3 is 2. The highest BCUT2D eigenvalue weighted by Crippen LogP contribution is 2.41. The molecule has 156 valence electrons. The fraction of sp³-hybridized carbons (Fsp3) is 0.435. The summed E-state index contributed by atoms with van der Waals surface area (Å²) in [5, 5.41) is 3.15. The van der Waals surface area contributed by atoms with Crippen LogP contribution in [-0.4, -0.2) is 31.8 Å². The summed E-state index contributed by atoms with van der Waals surface area (Å²) in [4.78, 5) is 13.0. The molecule has 1 aliphatic heterocycles. The van der Waals surface area contributed by atoms with E-state index in [-0.39, 0.29) is 11.9 Å². The highest BCUT2D eigenvalue weighted by atomic mass is 16.5. The lowest BCUT2D eigenvalue weighted by atomic mass is 9.89. The van der Waals surface area contributed by atoms with Gasteiger partial charge < -0.3 is 24.3 Å². The summed E-state index contributed by atoms with van der Waals surface area (Å²) in [6, 6.07) is 12.8. The summed E-state index contributed by atoms with van der Waals surface area (Å²) in [6.07, 6.45) is 0.605. The van der Waals surface area contributed by atoms with E-state index in [2.05, 4.69) is 5.32 Å². The quantitative estimate of drug-likeness (QED) is 0.753. The molecule has 0 bridgehead atoms. The number of benzene rings is 2. The lowest BCUT2D eigenvalue weighted by Gasteiger charge is -2.38. The molecule has 0 radical (unpaired) electrons. The Kier molecular flexibility index (Phi) is 6.20. The topological polar surface area (TPSA) is 66.0 Å². The molecule has 0 fully saturated rings. The molecule has 0 saturated heterocycles. The highest BCUT2D eigenvalue weighted by Gasteiger charge is 2.36. The van der Waals surface area contributed by atoms with Gasteiger partial charge in [-0.1, -0.05) is 13.0 Å². The van der Waals surface area contributed by atoms with E-state index in [9.17, 15) is 4.79 Å². The Morgan fingerprint density at radius 2 is 1.83 bits per heavy atom. The van der Waals surface area contributed by atoms with Crippen LogP contribution < -0.4 is 24.3 Å². The first kappa shape index (κ1) is 20.8. The SMILES string of the molecule is CC[C@@H](Oc1cccc(OC)c1)C(=O)N[C@H]1CC(C)(C)Oc2cc(OC)ccc21. The predicted molar refractivity (Wildman–Crippen MR) is 111 cm³/mol. The monoisotopic (exact) mass is 399 g/mol. The highest BCUT2D eigenvalue weighted by molar-refractivity contribution is 5.81. The zero-order valence-electron chi connectivity index (χ0n) is 17.7. The van der Waals surface area contributed by atoms with E-state index in [1.165, 1.54) is 0 Å². The van der Waals surface area contributed by atoms with Crippen molar-refractivity contribution in [3.63, 3.8) is 0 Å². The van der Waals surface area contributed by atoms with Crippen molar-refractivity contribution in [1.29, 1.82) is 0 Å². The molecule has 1 amide bonds. The standard InChI is InChI=1S/C23H29NO5/c1-6-20(28-17-9-7-8-15(12-17)26-4)22(25)24-19-14-23(2,3)29-21-13-16(27-5)10-11-18(19)21/h7-13,19-20H,6,14H2,1-5H3,(H,24,25)/t19-,20+/m0/s1. The maximum Gasteiger partial charge on any atom is 0.261 e. The van der Waals surface area contributed by atoms with Crippen molar-refractivity contribution in [3.05, 3.63) is 48.0 Å². The van der Waals surface area contributed by atoms with Crippen molar-refractivity contribution in [2.75, 3.05) is 14.2 Å². The van der Waals surface area contributed by atoms with Crippen LogP contribution in [0.25, 0.3) is 0 Å². The molecule has 2 aromatic rings. The molecule has 29 heavy (non-hydrogen) atoms. The van der Waals surface area contributed by atoms with Crippen molar-refractivity contribution in [3.8, 4) is 23.0 Å². The molecule has 1 N–H and O–H groups in total. The van der Waals surface area contributed by atoms with Gasteiger partial charge in [-0.05, 0) is 44.5 Å². The second kappa shape index (κ2) is 8.64. The number of ether oxygens (including phenoxy) is 4. The summed E-state index contributed by atoms with van der Waals surface area (Å²) >= 11 is 0. The van der Waals surface area contributed by atoms with Crippen LogP contribution >= 0.6 is 0 Å². The number of rotatable bonds is 7. The van der Waals surface area contributed by atoms with Gasteiger partial charge in [0.25, 0.3) is 5.91 Å². The van der Waals surface area contributed by atoms with Gasteiger partial charge in [0.1, 0.15) is 28.6 Å². The third-order valence-electron chi connectivity index (χ3n) is 4.98. The molecule has 0 aromatic heterocycles. The summed E-state index contributed by atoms with van der Waals surface area (Å²) in [6.45, 7) is 5.95. The normalized spacial score (nSPS) is 18.0. The van der Waals surface area contributed by atoms with Crippen LogP contribution in [0.4, 0.5) is 0 Å². The van der Waals surface area contributed by atoms with Gasteiger partial charge in [0.15, 0.2) is 6.10 Å². The van der Waals surface area contributed by atoms with Crippen molar-refractivity contribution in [2.45, 2.75) is 51.4 Å². The lowest BCUT2D eigenvalue weighted by Crippen LogP contribution is -2.45. The number of amides is 1. The van der Waals surface area contributed by atoms with Crippen LogP contribution in [0.5, 0.6) is 23.0 Å². The minimum atomic E-state index is -0.602. The first-order chi connectivity index (χ1) is 13.8. The molecule has 2 aromatic carbocycles. The molecule has 0 spiro atoms.